The molecule has 0 radical (unpaired) electrons. The topological polar surface area (TPSA) is 192 Å². The highest BCUT2D eigenvalue weighted by Crippen LogP contribution is 2.36. The highest BCUT2D eigenvalue weighted by atomic mass is 35.5. The molecule has 5 rings (SSSR count). The van der Waals surface area contributed by atoms with E-state index in [1.54, 1.807) is 0 Å². The molecular weight excluding hydrogens is 661 g/mol. The largest absolute Gasteiger partial charge is 0.504 e. The van der Waals surface area contributed by atoms with Gasteiger partial charge < -0.3 is 40.4 Å². The van der Waals surface area contributed by atoms with Crippen LogP contribution in [0.3, 0.4) is 0 Å². The highest BCUT2D eigenvalue weighted by Gasteiger charge is 2.29. The Hall–Kier alpha value is -4.71. The number of hydrogen-bond donors (Lipinski definition) is 5. The fourth-order valence-corrected chi connectivity index (χ4v) is 5.88. The van der Waals surface area contributed by atoms with E-state index in [9.17, 15) is 38.5 Å². The molecule has 0 aliphatic carbocycles. The molecule has 6 N–H and O–H groups in total. The third-order valence-corrected chi connectivity index (χ3v) is 8.56. The van der Waals surface area contributed by atoms with Gasteiger partial charge in [-0.2, -0.15) is 8.78 Å². The Balaban J connectivity index is 1.45. The predicted octanol–water partition coefficient (Wildman–Crippen LogP) is 1.42. The summed E-state index contributed by atoms with van der Waals surface area (Å²) in [5.74, 6) is -7.77. The van der Waals surface area contributed by atoms with Crippen LogP contribution in [0.2, 0.25) is 5.02 Å². The van der Waals surface area contributed by atoms with Crippen molar-refractivity contribution in [1.29, 1.82) is 0 Å². The van der Waals surface area contributed by atoms with E-state index in [4.69, 9.17) is 17.3 Å². The number of aromatic nitrogens is 4. The number of benzene rings is 1. The second-order valence-corrected chi connectivity index (χ2v) is 11.9. The van der Waals surface area contributed by atoms with Crippen molar-refractivity contribution in [1.82, 2.24) is 24.0 Å². The van der Waals surface area contributed by atoms with Gasteiger partial charge in [-0.05, 0) is 13.0 Å². The molecule has 4 heterocycles. The summed E-state index contributed by atoms with van der Waals surface area (Å²) in [4.78, 5) is 50.3. The van der Waals surface area contributed by atoms with Crippen LogP contribution in [0.4, 0.5) is 24.7 Å². The van der Waals surface area contributed by atoms with Crippen molar-refractivity contribution >= 4 is 46.0 Å². The minimum Gasteiger partial charge on any atom is -0.504 e. The van der Waals surface area contributed by atoms with Gasteiger partial charge in [0.1, 0.15) is 23.0 Å². The number of piperazine rings is 1. The van der Waals surface area contributed by atoms with Crippen LogP contribution in [0.5, 0.6) is 5.75 Å². The molecule has 1 atom stereocenters. The van der Waals surface area contributed by atoms with E-state index in [1.165, 1.54) is 17.7 Å². The molecular formula is C30H32ClF3N8O6. The van der Waals surface area contributed by atoms with E-state index >= 15 is 4.39 Å². The molecule has 4 aromatic rings. The summed E-state index contributed by atoms with van der Waals surface area (Å²) in [6, 6.07) is 2.04. The molecule has 48 heavy (non-hydrogen) atoms. The van der Waals surface area contributed by atoms with Gasteiger partial charge in [0.25, 0.3) is 11.5 Å². The molecule has 2 amide bonds. The fourth-order valence-electron chi connectivity index (χ4n) is 5.74. The first-order chi connectivity index (χ1) is 22.7. The SMILES string of the molecule is CC1CN(CC(CO)CO)CCN1c1cc(NC(=O)Cn2cc(-c3cc(C(N)=O)c(O)c(F)c3F)c3c(=O)n(C)cnc32)c(Cl)c(F)n1. The van der Waals surface area contributed by atoms with E-state index in [0.29, 0.717) is 26.2 Å². The number of pyridine rings is 1. The zero-order valence-electron chi connectivity index (χ0n) is 25.8. The van der Waals surface area contributed by atoms with Crippen LogP contribution < -0.4 is 21.5 Å². The number of carbonyl (C=O) groups is 2. The van der Waals surface area contributed by atoms with Gasteiger partial charge in [-0.15, -0.1) is 0 Å². The van der Waals surface area contributed by atoms with Gasteiger partial charge >= 0.3 is 0 Å². The molecule has 1 aliphatic heterocycles. The summed E-state index contributed by atoms with van der Waals surface area (Å²) in [5.41, 5.74) is 2.78. The molecule has 18 heteroatoms. The maximum absolute atomic E-state index is 15.1. The molecule has 0 bridgehead atoms. The second-order valence-electron chi connectivity index (χ2n) is 11.6. The van der Waals surface area contributed by atoms with Crippen molar-refractivity contribution in [3.63, 3.8) is 0 Å². The molecule has 1 aromatic carbocycles. The van der Waals surface area contributed by atoms with Crippen molar-refractivity contribution in [2.75, 3.05) is 49.6 Å². The van der Waals surface area contributed by atoms with Crippen LogP contribution in [-0.2, 0) is 18.4 Å². The highest BCUT2D eigenvalue weighted by molar-refractivity contribution is 6.33. The Morgan fingerprint density at radius 1 is 1.15 bits per heavy atom. The first-order valence-electron chi connectivity index (χ1n) is 14.7. The molecule has 14 nitrogen and oxygen atoms in total. The fraction of sp³-hybridized carbons (Fsp3) is 0.367. The average Bonchev–Trinajstić information content (AvgIpc) is 3.40. The van der Waals surface area contributed by atoms with Gasteiger partial charge in [0.15, 0.2) is 11.6 Å². The van der Waals surface area contributed by atoms with Crippen LogP contribution in [0.15, 0.2) is 29.5 Å². The Kier molecular flexibility index (Phi) is 9.95. The number of nitrogens with two attached hydrogens (primary N) is 1. The molecule has 0 spiro atoms. The Morgan fingerprint density at radius 3 is 2.50 bits per heavy atom. The normalized spacial score (nSPS) is 15.4. The third-order valence-electron chi connectivity index (χ3n) is 8.20. The third kappa shape index (κ3) is 6.53. The van der Waals surface area contributed by atoms with E-state index in [-0.39, 0.29) is 53.3 Å². The van der Waals surface area contributed by atoms with Crippen LogP contribution in [0.1, 0.15) is 17.3 Å². The number of nitrogens with one attached hydrogen (secondary N) is 1. The number of nitrogens with zero attached hydrogens (tertiary/aromatic N) is 6. The first-order valence-corrected chi connectivity index (χ1v) is 15.1. The van der Waals surface area contributed by atoms with E-state index < -0.39 is 63.4 Å². The predicted molar refractivity (Wildman–Crippen MR) is 169 cm³/mol. The Bertz CT molecular complexity index is 1970. The van der Waals surface area contributed by atoms with E-state index in [2.05, 4.69) is 20.2 Å². The molecule has 0 saturated carbocycles. The second kappa shape index (κ2) is 13.8. The van der Waals surface area contributed by atoms with Crippen molar-refractivity contribution in [2.45, 2.75) is 19.5 Å². The lowest BCUT2D eigenvalue weighted by Crippen LogP contribution is -2.53. The van der Waals surface area contributed by atoms with Crippen molar-refractivity contribution in [3.05, 3.63) is 63.2 Å². The number of carbonyl (C=O) groups excluding carboxylic acids is 2. The molecule has 3 aromatic heterocycles. The standard InChI is InChI=1S/C30H32ClF3N8O6/c1-14-7-40(8-15(11-43)12-44)3-4-42(14)20-6-19(23(31)27(34)38-20)37-21(45)10-41-9-18(22-29(41)36-13-39(2)30(22)48)16-5-17(28(35)47)26(46)25(33)24(16)32/h5-6,9,13-15,43-44,46H,3-4,7-8,10-12H2,1-2H3,(H2,35,47)(H,37,38,45). The van der Waals surface area contributed by atoms with Crippen molar-refractivity contribution < 1.29 is 38.1 Å². The quantitative estimate of drug-likeness (QED) is 0.152. The van der Waals surface area contributed by atoms with Crippen LogP contribution >= 0.6 is 11.6 Å². The zero-order chi connectivity index (χ0) is 35.0. The lowest BCUT2D eigenvalue weighted by Gasteiger charge is -2.41. The minimum atomic E-state index is -1.76. The molecule has 1 fully saturated rings. The summed E-state index contributed by atoms with van der Waals surface area (Å²) in [6.07, 6.45) is 2.30. The number of aromatic hydroxyl groups is 1. The monoisotopic (exact) mass is 692 g/mol. The summed E-state index contributed by atoms with van der Waals surface area (Å²) < 4.78 is 47.0. The van der Waals surface area contributed by atoms with Crippen LogP contribution in [0.25, 0.3) is 22.2 Å². The Labute approximate surface area is 275 Å². The zero-order valence-corrected chi connectivity index (χ0v) is 26.5. The van der Waals surface area contributed by atoms with E-state index in [1.807, 2.05) is 11.8 Å². The Morgan fingerprint density at radius 2 is 1.85 bits per heavy atom. The average molecular weight is 693 g/mol. The van der Waals surface area contributed by atoms with Crippen molar-refractivity contribution in [3.8, 4) is 16.9 Å². The number of phenols is 1. The van der Waals surface area contributed by atoms with E-state index in [0.717, 1.165) is 23.2 Å². The molecule has 1 saturated heterocycles. The number of halogens is 4. The number of anilines is 2. The first kappa shape index (κ1) is 34.6. The number of aryl methyl sites for hydroxylation is 1. The number of aliphatic hydroxyl groups is 2. The van der Waals surface area contributed by atoms with Crippen LogP contribution in [0, 0.1) is 23.5 Å². The van der Waals surface area contributed by atoms with Crippen molar-refractivity contribution in [2.24, 2.45) is 18.7 Å². The number of amides is 2. The molecule has 1 unspecified atom stereocenters. The minimum absolute atomic E-state index is 0.0965. The van der Waals surface area contributed by atoms with Gasteiger partial charge in [0, 0.05) is 81.8 Å². The smallest absolute Gasteiger partial charge is 0.263 e. The number of aliphatic hydroxyl groups excluding tert-OH is 2. The van der Waals surface area contributed by atoms with Gasteiger partial charge in [0.05, 0.1) is 23.0 Å². The number of rotatable bonds is 10. The lowest BCUT2D eigenvalue weighted by atomic mass is 10.0. The van der Waals surface area contributed by atoms with Crippen LogP contribution in [-0.4, -0.2) is 96.6 Å². The lowest BCUT2D eigenvalue weighted by molar-refractivity contribution is -0.116. The number of fused-ring (bicyclic) bond motifs is 1. The number of hydrogen-bond acceptors (Lipinski definition) is 10. The summed E-state index contributed by atoms with van der Waals surface area (Å²) in [6.45, 7) is 3.00. The summed E-state index contributed by atoms with van der Waals surface area (Å²) in [7, 11) is 1.37. The van der Waals surface area contributed by atoms with Gasteiger partial charge in [0.2, 0.25) is 17.7 Å². The summed E-state index contributed by atoms with van der Waals surface area (Å²) >= 11 is 6.18. The van der Waals surface area contributed by atoms with Gasteiger partial charge in [-0.1, -0.05) is 11.6 Å². The maximum atomic E-state index is 15.1. The van der Waals surface area contributed by atoms with Gasteiger partial charge in [-0.3, -0.25) is 19.3 Å². The van der Waals surface area contributed by atoms with Gasteiger partial charge in [-0.25, -0.2) is 14.4 Å². The molecule has 256 valence electrons. The molecule has 1 aliphatic rings. The number of primary amides is 1. The summed E-state index contributed by atoms with van der Waals surface area (Å²) in [5, 5.41) is 30.6. The maximum Gasteiger partial charge on any atom is 0.263 e.